The van der Waals surface area contributed by atoms with Gasteiger partial charge in [-0.2, -0.15) is 0 Å². The number of hydrogen-bond donors (Lipinski definition) is 12. The molecule has 0 saturated carbocycles. The molecule has 0 unspecified atom stereocenters. The molecule has 20 heteroatoms. The van der Waals surface area contributed by atoms with Gasteiger partial charge in [-0.25, -0.2) is 4.98 Å². The highest BCUT2D eigenvalue weighted by atomic mass is 16.2. The number of guanidine groups is 1. The van der Waals surface area contributed by atoms with Gasteiger partial charge < -0.3 is 58.7 Å². The molecule has 5 aromatic rings. The molecular formula is C50H65N13O7. The van der Waals surface area contributed by atoms with Crippen LogP contribution in [0, 0.1) is 5.41 Å². The van der Waals surface area contributed by atoms with Crippen LogP contribution in [-0.4, -0.2) is 106 Å². The number of aromatic nitrogens is 3. The lowest BCUT2D eigenvalue weighted by molar-refractivity contribution is -0.135. The van der Waals surface area contributed by atoms with Crippen LogP contribution in [0.25, 0.3) is 10.9 Å². The number of unbranched alkanes of at least 4 members (excludes halogenated alkanes) is 1. The maximum Gasteiger partial charge on any atom is 0.243 e. The average Bonchev–Trinajstić information content (AvgIpc) is 4.03. The molecule has 0 aliphatic carbocycles. The summed E-state index contributed by atoms with van der Waals surface area (Å²) in [7, 11) is 0. The summed E-state index contributed by atoms with van der Waals surface area (Å²) in [5.74, 6) is -4.87. The van der Waals surface area contributed by atoms with E-state index in [1.807, 2.05) is 61.5 Å². The Hall–Kier alpha value is -8.03. The number of carbonyl (C=O) groups is 7. The Morgan fingerprint density at radius 3 is 1.87 bits per heavy atom. The molecule has 2 heterocycles. The number of hydrogen-bond acceptors (Lipinski definition) is 9. The largest absolute Gasteiger partial charge is 0.370 e. The van der Waals surface area contributed by atoms with Gasteiger partial charge in [-0.05, 0) is 54.9 Å². The van der Waals surface area contributed by atoms with Gasteiger partial charge in [0.1, 0.15) is 30.2 Å². The van der Waals surface area contributed by atoms with Gasteiger partial charge in [-0.3, -0.25) is 39.0 Å². The molecular weight excluding hydrogens is 895 g/mol. The van der Waals surface area contributed by atoms with Crippen LogP contribution in [0.3, 0.4) is 0 Å². The maximum atomic E-state index is 14.5. The molecule has 0 spiro atoms. The van der Waals surface area contributed by atoms with Crippen molar-refractivity contribution in [1.82, 2.24) is 52.2 Å². The number of aryl methyl sites for hydroxylation is 1. The van der Waals surface area contributed by atoms with Crippen molar-refractivity contribution >= 4 is 58.2 Å². The number of nitrogens with two attached hydrogens (primary N) is 2. The van der Waals surface area contributed by atoms with Crippen molar-refractivity contribution < 1.29 is 33.6 Å². The predicted octanol–water partition coefficient (Wildman–Crippen LogP) is 1.42. The van der Waals surface area contributed by atoms with Crippen LogP contribution in [0.2, 0.25) is 0 Å². The zero-order valence-electron chi connectivity index (χ0n) is 39.4. The monoisotopic (exact) mass is 960 g/mol. The zero-order chi connectivity index (χ0) is 50.3. The SMILES string of the molecule is CCCC[C@H](NC(=O)CNC(=O)[C@H](Cc1c[nH]c2ccccc12)NC(=O)[C@H](CCCNC(=N)N)NC(=O)[C@@H](Cc1ccccc1)NC(=O)[C@H](Cc1cnc[nH]1)NC(=O)CCCc1ccccc1)C(N)=O. The minimum Gasteiger partial charge on any atom is -0.370 e. The van der Waals surface area contributed by atoms with Crippen molar-refractivity contribution in [2.24, 2.45) is 11.5 Å². The third-order valence-electron chi connectivity index (χ3n) is 11.6. The van der Waals surface area contributed by atoms with E-state index in [0.29, 0.717) is 42.5 Å². The normalized spacial score (nSPS) is 13.1. The number of para-hydroxylation sites is 1. The molecule has 0 bridgehead atoms. The topological polar surface area (TPSA) is 324 Å². The minimum absolute atomic E-state index is 0.00143. The van der Waals surface area contributed by atoms with E-state index in [9.17, 15) is 33.6 Å². The molecule has 20 nitrogen and oxygen atoms in total. The lowest BCUT2D eigenvalue weighted by atomic mass is 10.0. The van der Waals surface area contributed by atoms with Crippen LogP contribution in [-0.2, 0) is 59.2 Å². The zero-order valence-corrected chi connectivity index (χ0v) is 39.4. The standard InChI is InChI=1S/C50H65N13O7/c1-2-3-20-38(45(51)66)59-44(65)30-57-46(67)41(26-34-28-56-37-21-11-10-19-36(34)37)63-47(68)39(22-13-24-55-50(52)53)61-48(69)40(25-33-16-8-5-9-17-33)62-49(70)42(27-35-29-54-31-58-35)60-43(64)23-12-18-32-14-6-4-7-15-32/h4-11,14-17,19,21,28-29,31,38-42,56H,2-3,12-13,18,20,22-27,30H2,1H3,(H2,51,66)(H,54,58)(H,57,67)(H,59,65)(H,60,64)(H,61,69)(H,62,70)(H,63,68)(H4,52,53,55)/t38-,39-,40+,41-,42-/m0/s1. The molecule has 14 N–H and O–H groups in total. The molecule has 0 fully saturated rings. The number of imidazole rings is 1. The quantitative estimate of drug-likeness (QED) is 0.0186. The van der Waals surface area contributed by atoms with Crippen molar-refractivity contribution in [2.45, 2.75) is 108 Å². The summed E-state index contributed by atoms with van der Waals surface area (Å²) in [4.78, 5) is 106. The summed E-state index contributed by atoms with van der Waals surface area (Å²) in [5.41, 5.74) is 14.8. The number of rotatable bonds is 29. The molecule has 7 amide bonds. The van der Waals surface area contributed by atoms with E-state index in [4.69, 9.17) is 16.9 Å². The number of nitrogens with one attached hydrogen (secondary N) is 10. The van der Waals surface area contributed by atoms with Gasteiger partial charge in [0.05, 0.1) is 12.9 Å². The van der Waals surface area contributed by atoms with Gasteiger partial charge in [-0.1, -0.05) is 98.6 Å². The minimum atomic E-state index is -1.29. The molecule has 0 saturated heterocycles. The number of aromatic amines is 2. The summed E-state index contributed by atoms with van der Waals surface area (Å²) >= 11 is 0. The van der Waals surface area contributed by atoms with E-state index < -0.39 is 72.2 Å². The fraction of sp³-hybridized carbons (Fsp3) is 0.380. The Morgan fingerprint density at radius 2 is 1.21 bits per heavy atom. The van der Waals surface area contributed by atoms with Crippen molar-refractivity contribution in [3.63, 3.8) is 0 Å². The molecule has 372 valence electrons. The summed E-state index contributed by atoms with van der Waals surface area (Å²) < 4.78 is 0. The van der Waals surface area contributed by atoms with Gasteiger partial charge in [-0.15, -0.1) is 0 Å². The number of fused-ring (bicyclic) bond motifs is 1. The number of primary amides is 1. The first-order valence-electron chi connectivity index (χ1n) is 23.5. The molecule has 0 radical (unpaired) electrons. The van der Waals surface area contributed by atoms with E-state index in [-0.39, 0.29) is 56.9 Å². The Labute approximate surface area is 406 Å². The van der Waals surface area contributed by atoms with Crippen molar-refractivity contribution in [3.05, 3.63) is 126 Å². The second kappa shape index (κ2) is 27.7. The van der Waals surface area contributed by atoms with Gasteiger partial charge in [0.15, 0.2) is 5.96 Å². The van der Waals surface area contributed by atoms with E-state index in [1.54, 1.807) is 36.5 Å². The van der Waals surface area contributed by atoms with Gasteiger partial charge in [0.2, 0.25) is 41.4 Å². The van der Waals surface area contributed by atoms with Crippen LogP contribution in [0.1, 0.15) is 74.3 Å². The molecule has 70 heavy (non-hydrogen) atoms. The highest BCUT2D eigenvalue weighted by Crippen LogP contribution is 2.20. The van der Waals surface area contributed by atoms with Crippen molar-refractivity contribution in [3.8, 4) is 0 Å². The van der Waals surface area contributed by atoms with Crippen LogP contribution in [0.4, 0.5) is 0 Å². The van der Waals surface area contributed by atoms with E-state index in [2.05, 4.69) is 52.2 Å². The average molecular weight is 960 g/mol. The Balaban J connectivity index is 1.37. The smallest absolute Gasteiger partial charge is 0.243 e. The number of amides is 7. The number of carbonyl (C=O) groups excluding carboxylic acids is 7. The molecule has 0 aliphatic rings. The van der Waals surface area contributed by atoms with Crippen LogP contribution >= 0.6 is 0 Å². The van der Waals surface area contributed by atoms with Gasteiger partial charge in [0, 0.05) is 61.2 Å². The van der Waals surface area contributed by atoms with E-state index in [0.717, 1.165) is 22.9 Å². The van der Waals surface area contributed by atoms with Crippen LogP contribution in [0.5, 0.6) is 0 Å². The summed E-state index contributed by atoms with van der Waals surface area (Å²) in [6.07, 6.45) is 8.03. The number of H-pyrrole nitrogens is 2. The summed E-state index contributed by atoms with van der Waals surface area (Å²) in [5, 5.41) is 27.5. The fourth-order valence-electron chi connectivity index (χ4n) is 7.82. The third-order valence-corrected chi connectivity index (χ3v) is 11.6. The maximum absolute atomic E-state index is 14.5. The predicted molar refractivity (Wildman–Crippen MR) is 264 cm³/mol. The van der Waals surface area contributed by atoms with Crippen LogP contribution < -0.4 is 48.7 Å². The number of nitrogens with zero attached hydrogens (tertiary/aromatic N) is 1. The first-order chi connectivity index (χ1) is 33.8. The lowest BCUT2D eigenvalue weighted by Crippen LogP contribution is -2.59. The van der Waals surface area contributed by atoms with Crippen molar-refractivity contribution in [1.29, 1.82) is 5.41 Å². The summed E-state index contributed by atoms with van der Waals surface area (Å²) in [6.45, 7) is 1.57. The van der Waals surface area contributed by atoms with E-state index in [1.165, 1.54) is 12.5 Å². The van der Waals surface area contributed by atoms with Gasteiger partial charge >= 0.3 is 0 Å². The highest BCUT2D eigenvalue weighted by molar-refractivity contribution is 5.97. The first kappa shape index (κ1) is 52.9. The molecule has 3 aromatic carbocycles. The molecule has 2 aromatic heterocycles. The highest BCUT2D eigenvalue weighted by Gasteiger charge is 2.32. The fourth-order valence-corrected chi connectivity index (χ4v) is 7.82. The van der Waals surface area contributed by atoms with Crippen molar-refractivity contribution in [2.75, 3.05) is 13.1 Å². The second-order valence-electron chi connectivity index (χ2n) is 17.0. The van der Waals surface area contributed by atoms with Crippen LogP contribution in [0.15, 0.2) is 104 Å². The number of benzene rings is 3. The molecule has 5 rings (SSSR count). The first-order valence-corrected chi connectivity index (χ1v) is 23.5. The van der Waals surface area contributed by atoms with Gasteiger partial charge in [0.25, 0.3) is 0 Å². The summed E-state index contributed by atoms with van der Waals surface area (Å²) in [6, 6.07) is 20.2. The Bertz CT molecular complexity index is 2500. The second-order valence-corrected chi connectivity index (χ2v) is 17.0. The van der Waals surface area contributed by atoms with E-state index >= 15 is 0 Å². The lowest BCUT2D eigenvalue weighted by Gasteiger charge is -2.27. The Kier molecular flexibility index (Phi) is 20.9. The Morgan fingerprint density at radius 1 is 0.614 bits per heavy atom. The third kappa shape index (κ3) is 17.6. The molecule has 0 aliphatic heterocycles. The molecule has 5 atom stereocenters.